The highest BCUT2D eigenvalue weighted by Gasteiger charge is 2.46. The number of nitrogens with zero attached hydrogens (tertiary/aromatic N) is 4. The molecule has 0 spiro atoms. The molecule has 0 bridgehead atoms. The number of aromatic amines is 1. The Morgan fingerprint density at radius 2 is 1.92 bits per heavy atom. The van der Waals surface area contributed by atoms with E-state index >= 15 is 0 Å². The molecule has 2 aliphatic rings. The number of nitriles is 1. The minimum absolute atomic E-state index is 0.119. The Bertz CT molecular complexity index is 1490. The van der Waals surface area contributed by atoms with E-state index in [4.69, 9.17) is 0 Å². The van der Waals surface area contributed by atoms with E-state index in [1.54, 1.807) is 10.7 Å². The lowest BCUT2D eigenvalue weighted by Crippen LogP contribution is -2.32. The number of sulfonamides is 1. The lowest BCUT2D eigenvalue weighted by atomic mass is 10.1. The fourth-order valence-corrected chi connectivity index (χ4v) is 6.18. The quantitative estimate of drug-likeness (QED) is 0.487. The maximum absolute atomic E-state index is 13.0. The van der Waals surface area contributed by atoms with Crippen molar-refractivity contribution in [3.63, 3.8) is 0 Å². The fourth-order valence-electron chi connectivity index (χ4n) is 4.68. The van der Waals surface area contributed by atoms with E-state index in [0.717, 1.165) is 17.1 Å². The summed E-state index contributed by atoms with van der Waals surface area (Å²) in [5.74, 6) is -1.10. The minimum atomic E-state index is -4.44. The molecule has 9 nitrogen and oxygen atoms in total. The summed E-state index contributed by atoms with van der Waals surface area (Å²) in [7, 11) is -4.08. The van der Waals surface area contributed by atoms with Gasteiger partial charge in [0.25, 0.3) is 5.56 Å². The van der Waals surface area contributed by atoms with Crippen LogP contribution in [0.2, 0.25) is 0 Å². The summed E-state index contributed by atoms with van der Waals surface area (Å²) in [5, 5.41) is 17.2. The van der Waals surface area contributed by atoms with Crippen LogP contribution in [0.4, 0.5) is 24.7 Å². The van der Waals surface area contributed by atoms with Crippen LogP contribution in [-0.2, 0) is 10.0 Å². The number of nitrogens with one attached hydrogen (secondary N) is 2. The van der Waals surface area contributed by atoms with E-state index < -0.39 is 28.7 Å². The molecule has 2 atom stereocenters. The molecule has 190 valence electrons. The zero-order valence-corrected chi connectivity index (χ0v) is 19.8. The van der Waals surface area contributed by atoms with Gasteiger partial charge < -0.3 is 10.3 Å². The maximum atomic E-state index is 13.0. The van der Waals surface area contributed by atoms with Crippen molar-refractivity contribution in [1.82, 2.24) is 19.1 Å². The molecule has 13 heteroatoms. The summed E-state index contributed by atoms with van der Waals surface area (Å²) in [5.41, 5.74) is 0.669. The molecule has 1 aliphatic heterocycles. The van der Waals surface area contributed by atoms with Crippen molar-refractivity contribution in [2.75, 3.05) is 18.4 Å². The van der Waals surface area contributed by atoms with Crippen molar-refractivity contribution in [2.24, 2.45) is 11.8 Å². The Labute approximate surface area is 204 Å². The number of H-pyrrole nitrogens is 1. The van der Waals surface area contributed by atoms with Gasteiger partial charge in [0, 0.05) is 25.0 Å². The molecule has 1 saturated carbocycles. The summed E-state index contributed by atoms with van der Waals surface area (Å²) in [6.45, 7) is -0.785. The van der Waals surface area contributed by atoms with Crippen LogP contribution in [0.1, 0.15) is 31.7 Å². The van der Waals surface area contributed by atoms with E-state index in [2.05, 4.69) is 21.5 Å². The Morgan fingerprint density at radius 3 is 2.53 bits per heavy atom. The van der Waals surface area contributed by atoms with Gasteiger partial charge in [-0.05, 0) is 55.5 Å². The molecule has 3 aromatic rings. The van der Waals surface area contributed by atoms with Crippen molar-refractivity contribution >= 4 is 32.4 Å². The van der Waals surface area contributed by atoms with Crippen LogP contribution in [0.5, 0.6) is 0 Å². The number of hydrogen-bond acceptors (Lipinski definition) is 6. The number of rotatable bonds is 7. The number of alkyl halides is 3. The fraction of sp³-hybridized carbons (Fsp3) is 0.435. The molecule has 3 heterocycles. The number of aromatic nitrogens is 3. The molecule has 1 unspecified atom stereocenters. The second kappa shape index (κ2) is 8.94. The Hall–Kier alpha value is -3.37. The maximum Gasteiger partial charge on any atom is 0.393 e. The predicted molar refractivity (Wildman–Crippen MR) is 125 cm³/mol. The van der Waals surface area contributed by atoms with Gasteiger partial charge in [-0.1, -0.05) is 0 Å². The average Bonchev–Trinajstić information content (AvgIpc) is 3.40. The second-order valence-electron chi connectivity index (χ2n) is 9.17. The van der Waals surface area contributed by atoms with Crippen LogP contribution < -0.4 is 10.9 Å². The lowest BCUT2D eigenvalue weighted by molar-refractivity contribution is -0.169. The first-order chi connectivity index (χ1) is 17.1. The summed E-state index contributed by atoms with van der Waals surface area (Å²) in [6, 6.07) is 9.31. The molecule has 1 aromatic carbocycles. The zero-order valence-electron chi connectivity index (χ0n) is 19.0. The highest BCUT2D eigenvalue weighted by molar-refractivity contribution is 7.89. The van der Waals surface area contributed by atoms with Gasteiger partial charge in [-0.15, -0.1) is 0 Å². The first-order valence-corrected chi connectivity index (χ1v) is 12.9. The number of anilines is 2. The number of halogens is 3. The van der Waals surface area contributed by atoms with Crippen LogP contribution in [0.3, 0.4) is 0 Å². The van der Waals surface area contributed by atoms with Crippen LogP contribution in [0.15, 0.2) is 46.2 Å². The summed E-state index contributed by atoms with van der Waals surface area (Å²) in [6.07, 6.45) is -0.961. The Balaban J connectivity index is 1.41. The standard InChI is InChI=1S/C23H23F3N6O3S/c24-23(25,26)15-9-12-31(13-15)36(34,35)17-5-3-16(4-6-17)29-21-20-19(8-11-28-22(20)33)32(30-21)18(7-10-27)14-1-2-14/h3-6,8,11,14-15,18H,1-2,7,9,12-13H2,(H,28,33)(H,29,30)/t15?,18-/m0/s1. The van der Waals surface area contributed by atoms with Crippen molar-refractivity contribution < 1.29 is 21.6 Å². The summed E-state index contributed by atoms with van der Waals surface area (Å²) in [4.78, 5) is 15.1. The third kappa shape index (κ3) is 4.46. The van der Waals surface area contributed by atoms with Gasteiger partial charge in [0.15, 0.2) is 5.82 Å². The van der Waals surface area contributed by atoms with Crippen LogP contribution in [-0.4, -0.2) is 46.8 Å². The third-order valence-electron chi connectivity index (χ3n) is 6.78. The van der Waals surface area contributed by atoms with E-state index in [0.29, 0.717) is 22.5 Å². The van der Waals surface area contributed by atoms with Crippen LogP contribution >= 0.6 is 0 Å². The molecule has 2 aromatic heterocycles. The van der Waals surface area contributed by atoms with E-state index in [1.165, 1.54) is 30.5 Å². The number of benzene rings is 1. The molecule has 1 saturated heterocycles. The van der Waals surface area contributed by atoms with Gasteiger partial charge in [0.05, 0.1) is 34.9 Å². The third-order valence-corrected chi connectivity index (χ3v) is 8.66. The highest BCUT2D eigenvalue weighted by atomic mass is 32.2. The number of fused-ring (bicyclic) bond motifs is 1. The molecular weight excluding hydrogens is 497 g/mol. The topological polar surface area (TPSA) is 124 Å². The number of hydrogen-bond donors (Lipinski definition) is 2. The van der Waals surface area contributed by atoms with Gasteiger partial charge in [0.2, 0.25) is 10.0 Å². The van der Waals surface area contributed by atoms with Crippen molar-refractivity contribution in [3.05, 3.63) is 46.9 Å². The van der Waals surface area contributed by atoms with Crippen molar-refractivity contribution in [1.29, 1.82) is 5.26 Å². The second-order valence-corrected chi connectivity index (χ2v) is 11.1. The Kier molecular flexibility index (Phi) is 6.04. The van der Waals surface area contributed by atoms with Crippen molar-refractivity contribution in [2.45, 2.75) is 42.8 Å². The predicted octanol–water partition coefficient (Wildman–Crippen LogP) is 3.91. The van der Waals surface area contributed by atoms with Crippen LogP contribution in [0, 0.1) is 23.2 Å². The molecule has 2 N–H and O–H groups in total. The smallest absolute Gasteiger partial charge is 0.338 e. The van der Waals surface area contributed by atoms with Gasteiger partial charge in [0.1, 0.15) is 5.39 Å². The molecule has 2 fully saturated rings. The van der Waals surface area contributed by atoms with Crippen LogP contribution in [0.25, 0.3) is 10.9 Å². The van der Waals surface area contributed by atoms with Gasteiger partial charge in [-0.25, -0.2) is 8.42 Å². The monoisotopic (exact) mass is 520 g/mol. The van der Waals surface area contributed by atoms with Crippen molar-refractivity contribution in [3.8, 4) is 6.07 Å². The molecule has 1 aliphatic carbocycles. The first kappa shape index (κ1) is 24.3. The van der Waals surface area contributed by atoms with E-state index in [9.17, 15) is 31.6 Å². The first-order valence-electron chi connectivity index (χ1n) is 11.5. The average molecular weight is 521 g/mol. The normalized spacial score (nSPS) is 19.9. The zero-order chi connectivity index (χ0) is 25.7. The molecular formula is C23H23F3N6O3S. The minimum Gasteiger partial charge on any atom is -0.338 e. The molecule has 0 radical (unpaired) electrons. The molecule has 36 heavy (non-hydrogen) atoms. The Morgan fingerprint density at radius 1 is 1.19 bits per heavy atom. The van der Waals surface area contributed by atoms with Gasteiger partial charge >= 0.3 is 6.18 Å². The highest BCUT2D eigenvalue weighted by Crippen LogP contribution is 2.43. The van der Waals surface area contributed by atoms with E-state index in [-0.39, 0.29) is 41.7 Å². The summed E-state index contributed by atoms with van der Waals surface area (Å²) >= 11 is 0. The van der Waals surface area contributed by atoms with E-state index in [1.807, 2.05) is 0 Å². The lowest BCUT2D eigenvalue weighted by Gasteiger charge is -2.18. The molecule has 0 amide bonds. The number of pyridine rings is 1. The van der Waals surface area contributed by atoms with Gasteiger partial charge in [-0.2, -0.15) is 27.8 Å². The molecule has 5 rings (SSSR count). The SMILES string of the molecule is N#CC[C@@H](C1CC1)n1nc(Nc2ccc(S(=O)(=O)N3CCC(C(F)(F)F)C3)cc2)c2c(=O)[nH]ccc21. The largest absolute Gasteiger partial charge is 0.393 e. The van der Waals surface area contributed by atoms with Gasteiger partial charge in [-0.3, -0.25) is 9.48 Å². The summed E-state index contributed by atoms with van der Waals surface area (Å²) < 4.78 is 67.2.